The summed E-state index contributed by atoms with van der Waals surface area (Å²) in [5.74, 6) is -0.0251. The number of nitrogens with zero attached hydrogens (tertiary/aromatic N) is 1. The maximum atomic E-state index is 12.3. The average molecular weight is 298 g/mol. The van der Waals surface area contributed by atoms with Crippen LogP contribution in [0.4, 0.5) is 0 Å². The van der Waals surface area contributed by atoms with Gasteiger partial charge in [-0.05, 0) is 42.2 Å². The number of rotatable bonds is 3. The van der Waals surface area contributed by atoms with Gasteiger partial charge >= 0.3 is 0 Å². The lowest BCUT2D eigenvalue weighted by molar-refractivity contribution is 0.0939. The minimum atomic E-state index is -0.226. The zero-order valence-corrected chi connectivity index (χ0v) is 13.4. The van der Waals surface area contributed by atoms with Gasteiger partial charge in [-0.2, -0.15) is 0 Å². The number of nitrogens with one attached hydrogen (secondary N) is 1. The number of hydrogen-bond donors (Lipinski definition) is 2. The molecule has 0 aliphatic carbocycles. The quantitative estimate of drug-likeness (QED) is 0.910. The van der Waals surface area contributed by atoms with E-state index in [-0.39, 0.29) is 23.1 Å². The second-order valence-electron chi connectivity index (χ2n) is 6.46. The summed E-state index contributed by atoms with van der Waals surface area (Å²) in [7, 11) is 0. The Bertz CT molecular complexity index is 640. The fraction of sp³-hybridized carbons (Fsp3) is 0.333. The minimum absolute atomic E-state index is 0.0677. The van der Waals surface area contributed by atoms with E-state index in [1.807, 2.05) is 31.2 Å². The molecule has 1 unspecified atom stereocenters. The van der Waals surface area contributed by atoms with E-state index >= 15 is 0 Å². The van der Waals surface area contributed by atoms with Crippen molar-refractivity contribution in [3.8, 4) is 5.75 Å². The number of hydrogen-bond acceptors (Lipinski definition) is 3. The van der Waals surface area contributed by atoms with Crippen LogP contribution in [0, 0.1) is 0 Å². The fourth-order valence-electron chi connectivity index (χ4n) is 2.13. The van der Waals surface area contributed by atoms with Gasteiger partial charge in [-0.3, -0.25) is 9.78 Å². The number of aromatic nitrogens is 1. The van der Waals surface area contributed by atoms with Crippen molar-refractivity contribution in [1.29, 1.82) is 0 Å². The first kappa shape index (κ1) is 16.0. The predicted molar refractivity (Wildman–Crippen MR) is 86.9 cm³/mol. The van der Waals surface area contributed by atoms with Crippen LogP contribution in [-0.2, 0) is 5.41 Å². The number of amides is 1. The van der Waals surface area contributed by atoms with Gasteiger partial charge in [-0.1, -0.05) is 32.9 Å². The van der Waals surface area contributed by atoms with Crippen LogP contribution in [0.15, 0.2) is 42.6 Å². The highest BCUT2D eigenvalue weighted by Gasteiger charge is 2.16. The van der Waals surface area contributed by atoms with E-state index in [1.54, 1.807) is 12.1 Å². The second-order valence-corrected chi connectivity index (χ2v) is 6.46. The van der Waals surface area contributed by atoms with Crippen LogP contribution in [0.3, 0.4) is 0 Å². The molecule has 22 heavy (non-hydrogen) atoms. The molecule has 2 aromatic rings. The van der Waals surface area contributed by atoms with Crippen molar-refractivity contribution in [1.82, 2.24) is 10.3 Å². The maximum absolute atomic E-state index is 12.3. The van der Waals surface area contributed by atoms with Gasteiger partial charge in [-0.15, -0.1) is 0 Å². The standard InChI is InChI=1S/C18H22N2O2/c1-12(16-10-9-15(21)11-19-16)20-17(22)13-5-7-14(8-6-13)18(2,3)4/h5-12,21H,1-4H3,(H,20,22). The smallest absolute Gasteiger partial charge is 0.251 e. The molecule has 0 spiro atoms. The monoisotopic (exact) mass is 298 g/mol. The molecule has 1 aromatic heterocycles. The predicted octanol–water partition coefficient (Wildman–Crippen LogP) is 3.58. The normalized spacial score (nSPS) is 12.7. The molecule has 1 amide bonds. The molecular weight excluding hydrogens is 276 g/mol. The van der Waals surface area contributed by atoms with Crippen molar-refractivity contribution in [3.05, 3.63) is 59.4 Å². The van der Waals surface area contributed by atoms with Crippen molar-refractivity contribution >= 4 is 5.91 Å². The van der Waals surface area contributed by atoms with Crippen molar-refractivity contribution in [3.63, 3.8) is 0 Å². The van der Waals surface area contributed by atoms with Crippen LogP contribution in [-0.4, -0.2) is 16.0 Å². The highest BCUT2D eigenvalue weighted by molar-refractivity contribution is 5.94. The molecule has 0 radical (unpaired) electrons. The summed E-state index contributed by atoms with van der Waals surface area (Å²) < 4.78 is 0. The molecule has 4 heteroatoms. The van der Waals surface area contributed by atoms with Crippen molar-refractivity contribution in [2.75, 3.05) is 0 Å². The van der Waals surface area contributed by atoms with Gasteiger partial charge in [0.05, 0.1) is 17.9 Å². The minimum Gasteiger partial charge on any atom is -0.506 e. The summed E-state index contributed by atoms with van der Waals surface area (Å²) >= 11 is 0. The summed E-state index contributed by atoms with van der Waals surface area (Å²) in [5.41, 5.74) is 2.59. The van der Waals surface area contributed by atoms with Gasteiger partial charge in [0.15, 0.2) is 0 Å². The van der Waals surface area contributed by atoms with Crippen molar-refractivity contribution in [2.45, 2.75) is 39.2 Å². The third-order valence-corrected chi connectivity index (χ3v) is 3.58. The van der Waals surface area contributed by atoms with Crippen LogP contribution in [0.1, 0.15) is 55.4 Å². The SMILES string of the molecule is CC(NC(=O)c1ccc(C(C)(C)C)cc1)c1ccc(O)cn1. The molecule has 0 saturated carbocycles. The average Bonchev–Trinajstić information content (AvgIpc) is 2.47. The first-order valence-corrected chi connectivity index (χ1v) is 7.33. The number of pyridine rings is 1. The Morgan fingerprint density at radius 2 is 1.77 bits per heavy atom. The third-order valence-electron chi connectivity index (χ3n) is 3.58. The molecule has 0 saturated heterocycles. The number of carbonyl (C=O) groups excluding carboxylic acids is 1. The van der Waals surface area contributed by atoms with E-state index in [9.17, 15) is 9.90 Å². The van der Waals surface area contributed by atoms with Gasteiger partial charge in [-0.25, -0.2) is 0 Å². The van der Waals surface area contributed by atoms with E-state index in [2.05, 4.69) is 31.1 Å². The number of carbonyl (C=O) groups is 1. The van der Waals surface area contributed by atoms with E-state index in [0.29, 0.717) is 11.3 Å². The van der Waals surface area contributed by atoms with Crippen LogP contribution >= 0.6 is 0 Å². The highest BCUT2D eigenvalue weighted by atomic mass is 16.3. The summed E-state index contributed by atoms with van der Waals surface area (Å²) in [6.07, 6.45) is 1.37. The number of benzene rings is 1. The summed E-state index contributed by atoms with van der Waals surface area (Å²) in [6, 6.07) is 10.7. The Morgan fingerprint density at radius 1 is 1.14 bits per heavy atom. The van der Waals surface area contributed by atoms with Gasteiger partial charge in [0, 0.05) is 5.56 Å². The Hall–Kier alpha value is -2.36. The van der Waals surface area contributed by atoms with Gasteiger partial charge < -0.3 is 10.4 Å². The zero-order valence-electron chi connectivity index (χ0n) is 13.4. The molecule has 0 aliphatic heterocycles. The van der Waals surface area contributed by atoms with E-state index in [0.717, 1.165) is 0 Å². The van der Waals surface area contributed by atoms with Gasteiger partial charge in [0.25, 0.3) is 5.91 Å². The molecule has 1 heterocycles. The lowest BCUT2D eigenvalue weighted by Crippen LogP contribution is -2.27. The maximum Gasteiger partial charge on any atom is 0.251 e. The molecule has 116 valence electrons. The van der Waals surface area contributed by atoms with Gasteiger partial charge in [0.1, 0.15) is 5.75 Å². The fourth-order valence-corrected chi connectivity index (χ4v) is 2.13. The molecule has 1 aromatic carbocycles. The zero-order chi connectivity index (χ0) is 16.3. The van der Waals surface area contributed by atoms with E-state index in [4.69, 9.17) is 0 Å². The molecular formula is C18H22N2O2. The van der Waals surface area contributed by atoms with E-state index < -0.39 is 0 Å². The summed E-state index contributed by atoms with van der Waals surface area (Å²) in [4.78, 5) is 16.4. The highest BCUT2D eigenvalue weighted by Crippen LogP contribution is 2.22. The summed E-state index contributed by atoms with van der Waals surface area (Å²) in [6.45, 7) is 8.28. The molecule has 4 nitrogen and oxygen atoms in total. The van der Waals surface area contributed by atoms with Crippen LogP contribution in [0.25, 0.3) is 0 Å². The first-order valence-electron chi connectivity index (χ1n) is 7.33. The molecule has 2 N–H and O–H groups in total. The largest absolute Gasteiger partial charge is 0.506 e. The molecule has 0 fully saturated rings. The molecule has 0 aliphatic rings. The molecule has 0 bridgehead atoms. The van der Waals surface area contributed by atoms with Crippen LogP contribution < -0.4 is 5.32 Å². The van der Waals surface area contributed by atoms with Gasteiger partial charge in [0.2, 0.25) is 0 Å². The molecule has 2 rings (SSSR count). The number of aromatic hydroxyl groups is 1. The van der Waals surface area contributed by atoms with Crippen molar-refractivity contribution < 1.29 is 9.90 Å². The van der Waals surface area contributed by atoms with Crippen molar-refractivity contribution in [2.24, 2.45) is 0 Å². The lowest BCUT2D eigenvalue weighted by Gasteiger charge is -2.19. The van der Waals surface area contributed by atoms with Crippen LogP contribution in [0.2, 0.25) is 0 Å². The Kier molecular flexibility index (Phi) is 4.50. The first-order chi connectivity index (χ1) is 10.3. The Balaban J connectivity index is 2.07. The Morgan fingerprint density at radius 3 is 2.27 bits per heavy atom. The Labute approximate surface area is 131 Å². The molecule has 1 atom stereocenters. The lowest BCUT2D eigenvalue weighted by atomic mass is 9.86. The summed E-state index contributed by atoms with van der Waals surface area (Å²) in [5, 5.41) is 12.1. The van der Waals surface area contributed by atoms with E-state index in [1.165, 1.54) is 11.8 Å². The second kappa shape index (κ2) is 6.18. The topological polar surface area (TPSA) is 62.2 Å². The third kappa shape index (κ3) is 3.85. The van der Waals surface area contributed by atoms with Crippen LogP contribution in [0.5, 0.6) is 5.75 Å².